The minimum Gasteiger partial charge on any atom is -0.496 e. The van der Waals surface area contributed by atoms with E-state index in [1.165, 1.54) is 0 Å². The molecule has 0 aliphatic heterocycles. The fraction of sp³-hybridized carbons (Fsp3) is 0.0800. The minimum atomic E-state index is -0.243. The van der Waals surface area contributed by atoms with Crippen LogP contribution in [0.3, 0.4) is 0 Å². The van der Waals surface area contributed by atoms with Crippen molar-refractivity contribution in [1.29, 1.82) is 0 Å². The minimum absolute atomic E-state index is 0.243. The van der Waals surface area contributed by atoms with Crippen LogP contribution >= 0.6 is 23.2 Å². The first-order chi connectivity index (χ1) is 14.9. The summed E-state index contributed by atoms with van der Waals surface area (Å²) in [7, 11) is 1.59. The molecule has 0 bridgehead atoms. The van der Waals surface area contributed by atoms with E-state index < -0.39 is 0 Å². The Labute approximate surface area is 190 Å². The van der Waals surface area contributed by atoms with Crippen molar-refractivity contribution >= 4 is 51.3 Å². The first-order valence-electron chi connectivity index (χ1n) is 9.55. The van der Waals surface area contributed by atoms with Gasteiger partial charge >= 0.3 is 0 Å². The Balaban J connectivity index is 1.70. The van der Waals surface area contributed by atoms with Gasteiger partial charge in [0, 0.05) is 44.4 Å². The zero-order valence-corrected chi connectivity index (χ0v) is 18.4. The molecule has 1 aromatic heterocycles. The van der Waals surface area contributed by atoms with Gasteiger partial charge in [0.15, 0.2) is 0 Å². The summed E-state index contributed by atoms with van der Waals surface area (Å²) in [5.41, 5.74) is 4.85. The fourth-order valence-corrected chi connectivity index (χ4v) is 3.62. The Morgan fingerprint density at radius 2 is 1.65 bits per heavy atom. The number of rotatable bonds is 5. The van der Waals surface area contributed by atoms with Gasteiger partial charge in [-0.1, -0.05) is 35.3 Å². The molecule has 0 saturated heterocycles. The molecule has 156 valence electrons. The third-order valence-electron chi connectivity index (χ3n) is 4.94. The molecule has 4 rings (SSSR count). The summed E-state index contributed by atoms with van der Waals surface area (Å²) in [6.45, 7) is 1.87. The number of furan rings is 1. The maximum Gasteiger partial charge on any atom is 0.248 e. The Morgan fingerprint density at radius 1 is 1.00 bits per heavy atom. The number of amides is 1. The summed E-state index contributed by atoms with van der Waals surface area (Å²) in [4.78, 5) is 12.5. The number of hydrogen-bond donors (Lipinski definition) is 1. The third kappa shape index (κ3) is 4.61. The molecule has 1 amide bonds. The molecule has 0 unspecified atom stereocenters. The highest BCUT2D eigenvalue weighted by Gasteiger charge is 2.15. The largest absolute Gasteiger partial charge is 0.496 e. The molecule has 0 atom stereocenters. The van der Waals surface area contributed by atoms with Crippen molar-refractivity contribution < 1.29 is 13.9 Å². The molecule has 0 spiro atoms. The van der Waals surface area contributed by atoms with Gasteiger partial charge in [-0.05, 0) is 60.5 Å². The second kappa shape index (κ2) is 8.88. The molecule has 1 heterocycles. The highest BCUT2D eigenvalue weighted by atomic mass is 35.5. The first kappa shape index (κ1) is 21.0. The monoisotopic (exact) mass is 451 g/mol. The number of nitrogens with one attached hydrogen (secondary N) is 1. The summed E-state index contributed by atoms with van der Waals surface area (Å²) in [5, 5.41) is 5.04. The molecule has 31 heavy (non-hydrogen) atoms. The molecular weight excluding hydrogens is 433 g/mol. The van der Waals surface area contributed by atoms with E-state index in [2.05, 4.69) is 5.32 Å². The molecular formula is C25H19Cl2NO3. The average molecular weight is 452 g/mol. The number of carbonyl (C=O) groups is 1. The molecule has 0 aliphatic carbocycles. The highest BCUT2D eigenvalue weighted by Crippen LogP contribution is 2.37. The van der Waals surface area contributed by atoms with Crippen LogP contribution in [-0.2, 0) is 4.79 Å². The summed E-state index contributed by atoms with van der Waals surface area (Å²) >= 11 is 11.9. The summed E-state index contributed by atoms with van der Waals surface area (Å²) in [6, 6.07) is 18.3. The number of fused-ring (bicyclic) bond motifs is 1. The van der Waals surface area contributed by atoms with Crippen molar-refractivity contribution in [3.63, 3.8) is 0 Å². The quantitative estimate of drug-likeness (QED) is 0.320. The van der Waals surface area contributed by atoms with Gasteiger partial charge in [0.25, 0.3) is 0 Å². The van der Waals surface area contributed by atoms with Crippen LogP contribution in [0.25, 0.3) is 27.7 Å². The Hall–Kier alpha value is -3.21. The maximum atomic E-state index is 12.5. The SMILES string of the molecule is COc1cc2occ(-c3ccc(Cl)cc3)c2cc1/C(C)=C/C(=O)Nc1ccc(Cl)cc1. The third-order valence-corrected chi connectivity index (χ3v) is 5.44. The molecule has 0 aliphatic rings. The second-order valence-electron chi connectivity index (χ2n) is 7.03. The normalized spacial score (nSPS) is 11.5. The molecule has 0 fully saturated rings. The van der Waals surface area contributed by atoms with Crippen LogP contribution in [0.15, 0.2) is 77.4 Å². The number of halogens is 2. The van der Waals surface area contributed by atoms with Gasteiger partial charge in [-0.2, -0.15) is 0 Å². The van der Waals surface area contributed by atoms with Gasteiger partial charge in [0.2, 0.25) is 5.91 Å². The average Bonchev–Trinajstić information content (AvgIpc) is 3.17. The van der Waals surface area contributed by atoms with Crippen molar-refractivity contribution in [2.45, 2.75) is 6.92 Å². The number of carbonyl (C=O) groups excluding carboxylic acids is 1. The van der Waals surface area contributed by atoms with E-state index in [0.717, 1.165) is 27.6 Å². The molecule has 3 aromatic carbocycles. The molecule has 0 saturated carbocycles. The first-order valence-corrected chi connectivity index (χ1v) is 10.3. The van der Waals surface area contributed by atoms with Gasteiger partial charge in [0.1, 0.15) is 11.3 Å². The predicted octanol–water partition coefficient (Wildman–Crippen LogP) is 7.46. The van der Waals surface area contributed by atoms with E-state index in [-0.39, 0.29) is 5.91 Å². The molecule has 0 radical (unpaired) electrons. The zero-order valence-electron chi connectivity index (χ0n) is 16.9. The van der Waals surface area contributed by atoms with Crippen LogP contribution < -0.4 is 10.1 Å². The van der Waals surface area contributed by atoms with Crippen LogP contribution in [0.1, 0.15) is 12.5 Å². The summed E-state index contributed by atoms with van der Waals surface area (Å²) < 4.78 is 11.3. The van der Waals surface area contributed by atoms with Crippen LogP contribution in [0, 0.1) is 0 Å². The van der Waals surface area contributed by atoms with Gasteiger partial charge in [-0.15, -0.1) is 0 Å². The lowest BCUT2D eigenvalue weighted by atomic mass is 9.99. The number of anilines is 1. The smallest absolute Gasteiger partial charge is 0.248 e. The molecule has 6 heteroatoms. The predicted molar refractivity (Wildman–Crippen MR) is 127 cm³/mol. The van der Waals surface area contributed by atoms with E-state index in [4.69, 9.17) is 32.4 Å². The van der Waals surface area contributed by atoms with E-state index in [9.17, 15) is 4.79 Å². The topological polar surface area (TPSA) is 51.5 Å². The van der Waals surface area contributed by atoms with Crippen molar-refractivity contribution in [2.24, 2.45) is 0 Å². The van der Waals surface area contributed by atoms with Crippen LogP contribution in [-0.4, -0.2) is 13.0 Å². The van der Waals surface area contributed by atoms with Crippen molar-refractivity contribution in [2.75, 3.05) is 12.4 Å². The molecule has 4 nitrogen and oxygen atoms in total. The van der Waals surface area contributed by atoms with E-state index >= 15 is 0 Å². The standard InChI is InChI=1S/C25H19Cl2NO3/c1-15(11-25(29)28-19-9-7-18(27)8-10-19)20-12-21-22(16-3-5-17(26)6-4-16)14-31-24(21)13-23(20)30-2/h3-14H,1-2H3,(H,28,29)/b15-11+. The van der Waals surface area contributed by atoms with Gasteiger partial charge in [0.05, 0.1) is 13.4 Å². The number of ether oxygens (including phenoxy) is 1. The zero-order chi connectivity index (χ0) is 22.0. The van der Waals surface area contributed by atoms with Crippen LogP contribution in [0.4, 0.5) is 5.69 Å². The van der Waals surface area contributed by atoms with E-state index in [1.807, 2.05) is 43.3 Å². The Bertz CT molecular complexity index is 1270. The highest BCUT2D eigenvalue weighted by molar-refractivity contribution is 6.31. The van der Waals surface area contributed by atoms with Crippen LogP contribution in [0.2, 0.25) is 10.0 Å². The van der Waals surface area contributed by atoms with Crippen molar-refractivity contribution in [1.82, 2.24) is 0 Å². The lowest BCUT2D eigenvalue weighted by Crippen LogP contribution is -2.08. The number of benzene rings is 3. The van der Waals surface area contributed by atoms with Gasteiger partial charge in [-0.25, -0.2) is 0 Å². The van der Waals surface area contributed by atoms with E-state index in [1.54, 1.807) is 43.7 Å². The lowest BCUT2D eigenvalue weighted by Gasteiger charge is -2.10. The summed E-state index contributed by atoms with van der Waals surface area (Å²) in [6.07, 6.45) is 3.25. The van der Waals surface area contributed by atoms with Crippen molar-refractivity contribution in [3.8, 4) is 16.9 Å². The lowest BCUT2D eigenvalue weighted by molar-refractivity contribution is -0.111. The van der Waals surface area contributed by atoms with Gasteiger partial charge < -0.3 is 14.5 Å². The van der Waals surface area contributed by atoms with E-state index in [0.29, 0.717) is 27.1 Å². The number of allylic oxidation sites excluding steroid dienone is 1. The second-order valence-corrected chi connectivity index (χ2v) is 7.90. The maximum absolute atomic E-state index is 12.5. The molecule has 1 N–H and O–H groups in total. The van der Waals surface area contributed by atoms with Crippen LogP contribution in [0.5, 0.6) is 5.75 Å². The Kier molecular flexibility index (Phi) is 6.03. The fourth-order valence-electron chi connectivity index (χ4n) is 3.37. The molecule has 4 aromatic rings. The van der Waals surface area contributed by atoms with Gasteiger partial charge in [-0.3, -0.25) is 4.79 Å². The van der Waals surface area contributed by atoms with Crippen molar-refractivity contribution in [3.05, 3.63) is 88.6 Å². The Morgan fingerprint density at radius 3 is 2.29 bits per heavy atom. The summed E-state index contributed by atoms with van der Waals surface area (Å²) in [5.74, 6) is 0.379. The number of hydrogen-bond acceptors (Lipinski definition) is 3. The number of methoxy groups -OCH3 is 1.